The van der Waals surface area contributed by atoms with E-state index in [4.69, 9.17) is 9.47 Å². The van der Waals surface area contributed by atoms with Gasteiger partial charge in [0.05, 0.1) is 11.4 Å². The number of fused-ring (bicyclic) bond motifs is 10. The second-order valence-electron chi connectivity index (χ2n) is 21.9. The third kappa shape index (κ3) is 7.31. The topological polar surface area (TPSA) is 24.9 Å². The van der Waals surface area contributed by atoms with E-state index in [1.165, 1.54) is 55.4 Å². The molecule has 0 saturated heterocycles. The van der Waals surface area contributed by atoms with E-state index >= 15 is 0 Å². The van der Waals surface area contributed by atoms with Gasteiger partial charge < -0.3 is 19.3 Å². The highest BCUT2D eigenvalue weighted by Crippen LogP contribution is 2.54. The molecule has 0 unspecified atom stereocenters. The predicted octanol–water partition coefficient (Wildman–Crippen LogP) is 15.4. The summed E-state index contributed by atoms with van der Waals surface area (Å²) in [6.07, 6.45) is 0. The lowest BCUT2D eigenvalue weighted by Gasteiger charge is -2.47. The zero-order valence-corrected chi connectivity index (χ0v) is 44.1. The molecular weight excluding hydrogens is 946 g/mol. The number of ether oxygens (including phenoxy) is 2. The second-order valence-corrected chi connectivity index (χ2v) is 21.9. The first-order valence-corrected chi connectivity index (χ1v) is 27.5. The lowest BCUT2D eigenvalue weighted by Crippen LogP contribution is -2.64. The minimum atomic E-state index is -0.214. The molecule has 11 aromatic carbocycles. The molecule has 0 amide bonds. The van der Waals surface area contributed by atoms with Crippen LogP contribution in [0.3, 0.4) is 0 Å². The van der Waals surface area contributed by atoms with Crippen molar-refractivity contribution in [2.45, 2.75) is 39.5 Å². The summed E-state index contributed by atoms with van der Waals surface area (Å²) in [5, 5.41) is 0. The van der Waals surface area contributed by atoms with Crippen LogP contribution in [-0.4, -0.2) is 13.4 Å². The van der Waals surface area contributed by atoms with E-state index in [9.17, 15) is 0 Å². The maximum Gasteiger partial charge on any atom is 0.256 e. The highest BCUT2D eigenvalue weighted by atomic mass is 16.5. The van der Waals surface area contributed by atoms with Gasteiger partial charge in [-0.25, -0.2) is 0 Å². The normalized spacial score (nSPS) is 13.2. The van der Waals surface area contributed by atoms with Crippen LogP contribution in [0.5, 0.6) is 23.0 Å². The highest BCUT2D eigenvalue weighted by molar-refractivity contribution is 7.02. The number of anilines is 6. The molecule has 4 aliphatic rings. The first-order chi connectivity index (χ1) is 38.3. The molecule has 6 heteroatoms. The van der Waals surface area contributed by atoms with E-state index in [2.05, 4.69) is 280 Å². The van der Waals surface area contributed by atoms with Crippen molar-refractivity contribution in [3.05, 3.63) is 254 Å². The summed E-state index contributed by atoms with van der Waals surface area (Å²) in [5.74, 6) is 4.06. The Labute approximate surface area is 458 Å². The Bertz CT molecular complexity index is 3870. The van der Waals surface area contributed by atoms with Gasteiger partial charge in [-0.3, -0.25) is 0 Å². The van der Waals surface area contributed by atoms with E-state index in [1.807, 2.05) is 0 Å². The van der Waals surface area contributed by atoms with Crippen LogP contribution in [0.15, 0.2) is 243 Å². The molecule has 11 aromatic rings. The van der Waals surface area contributed by atoms with Gasteiger partial charge in [0.15, 0.2) is 0 Å². The van der Waals surface area contributed by atoms with Crippen LogP contribution in [0, 0.1) is 0 Å². The zero-order valence-electron chi connectivity index (χ0n) is 44.1. The molecule has 370 valence electrons. The summed E-state index contributed by atoms with van der Waals surface area (Å²) >= 11 is 0. The Morgan fingerprint density at radius 3 is 0.974 bits per heavy atom. The van der Waals surface area contributed by atoms with Gasteiger partial charge in [-0.15, -0.1) is 0 Å². The molecule has 0 atom stereocenters. The van der Waals surface area contributed by atoms with Gasteiger partial charge in [0.2, 0.25) is 0 Å². The summed E-state index contributed by atoms with van der Waals surface area (Å²) in [6, 6.07) is 89.2. The van der Waals surface area contributed by atoms with Gasteiger partial charge in [-0.1, -0.05) is 222 Å². The van der Waals surface area contributed by atoms with Crippen LogP contribution in [0.4, 0.5) is 34.1 Å². The molecule has 0 aromatic heterocycles. The van der Waals surface area contributed by atoms with Crippen molar-refractivity contribution in [2.24, 2.45) is 0 Å². The summed E-state index contributed by atoms with van der Waals surface area (Å²) in [4.78, 5) is 4.98. The van der Waals surface area contributed by atoms with Crippen LogP contribution in [0.2, 0.25) is 0 Å². The smallest absolute Gasteiger partial charge is 0.256 e. The average molecular weight is 1000 g/mol. The Kier molecular flexibility index (Phi) is 10.8. The molecule has 15 rings (SSSR count). The SMILES string of the molecule is CC(C)c1ccc2c(c1)B1c3cc(-c4ccccc4)ccc3N(c3ccc(-c4ccccc4)cc3)c3c4c5c(c(c31)O2)N(c1ccc(-c2ccccc2)cc1)c1ccc(-c2ccccc2)cc1B5c1cc(C(C)C)ccc1O4. The van der Waals surface area contributed by atoms with Crippen LogP contribution < -0.4 is 52.1 Å². The van der Waals surface area contributed by atoms with Gasteiger partial charge in [-0.2, -0.15) is 0 Å². The molecule has 4 aliphatic heterocycles. The second kappa shape index (κ2) is 18.2. The van der Waals surface area contributed by atoms with Crippen LogP contribution in [0.25, 0.3) is 44.5 Å². The molecule has 0 N–H and O–H groups in total. The molecule has 0 bridgehead atoms. The van der Waals surface area contributed by atoms with Crippen LogP contribution in [-0.2, 0) is 0 Å². The lowest BCUT2D eigenvalue weighted by atomic mass is 9.31. The fourth-order valence-electron chi connectivity index (χ4n) is 12.8. The Balaban J connectivity index is 1.08. The first kappa shape index (κ1) is 46.1. The molecule has 0 aliphatic carbocycles. The van der Waals surface area contributed by atoms with E-state index in [1.54, 1.807) is 0 Å². The van der Waals surface area contributed by atoms with Crippen molar-refractivity contribution in [3.8, 4) is 67.5 Å². The molecule has 0 fully saturated rings. The van der Waals surface area contributed by atoms with Crippen molar-refractivity contribution < 1.29 is 9.47 Å². The molecule has 0 saturated carbocycles. The molecule has 0 spiro atoms. The number of benzene rings is 11. The van der Waals surface area contributed by atoms with E-state index in [0.29, 0.717) is 11.8 Å². The Morgan fingerprint density at radius 2 is 0.628 bits per heavy atom. The minimum absolute atomic E-state index is 0.214. The molecule has 4 heterocycles. The van der Waals surface area contributed by atoms with Crippen molar-refractivity contribution >= 4 is 80.3 Å². The lowest BCUT2D eigenvalue weighted by molar-refractivity contribution is 0.477. The van der Waals surface area contributed by atoms with Crippen molar-refractivity contribution in [1.29, 1.82) is 0 Å². The maximum absolute atomic E-state index is 7.80. The van der Waals surface area contributed by atoms with Gasteiger partial charge in [0.1, 0.15) is 23.0 Å². The maximum atomic E-state index is 7.80. The van der Waals surface area contributed by atoms with Gasteiger partial charge in [0.25, 0.3) is 13.4 Å². The van der Waals surface area contributed by atoms with Crippen LogP contribution >= 0.6 is 0 Å². The fraction of sp³-hybridized carbons (Fsp3) is 0.0833. The molecular formula is C72H54B2N2O2. The predicted molar refractivity (Wildman–Crippen MR) is 328 cm³/mol. The standard InChI is InChI=1S/C72H54B2N2O2/c1-45(2)53-31-39-65-61(41-53)73-59-43-55(49-21-13-7-14-22-49)29-37-63(59)75(57-33-25-51(26-34-57)47-17-9-5-10-18-47)69-67(73)71(77-65)70-68-72(69)78-66-40-32-54(46(3)4)42-62(66)74(68)60-44-56(50-23-15-8-16-24-50)30-38-64(60)76(70)58-35-27-52(28-36-58)48-19-11-6-12-20-48/h5-46H,1-4H3. The number of rotatable bonds is 8. The monoisotopic (exact) mass is 1000 g/mol. The summed E-state index contributed by atoms with van der Waals surface area (Å²) in [7, 11) is 0. The van der Waals surface area contributed by atoms with Crippen molar-refractivity contribution in [3.63, 3.8) is 0 Å². The first-order valence-electron chi connectivity index (χ1n) is 27.5. The minimum Gasteiger partial charge on any atom is -0.456 e. The largest absolute Gasteiger partial charge is 0.456 e. The van der Waals surface area contributed by atoms with Gasteiger partial charge in [0, 0.05) is 33.7 Å². The third-order valence-corrected chi connectivity index (χ3v) is 16.7. The van der Waals surface area contributed by atoms with Crippen molar-refractivity contribution in [2.75, 3.05) is 9.80 Å². The van der Waals surface area contributed by atoms with Gasteiger partial charge in [-0.05, 0) is 138 Å². The number of hydrogen-bond donors (Lipinski definition) is 0. The zero-order chi connectivity index (χ0) is 52.2. The van der Waals surface area contributed by atoms with E-state index in [-0.39, 0.29) is 13.4 Å². The number of nitrogens with zero attached hydrogens (tertiary/aromatic N) is 2. The molecule has 4 nitrogen and oxygen atoms in total. The third-order valence-electron chi connectivity index (χ3n) is 16.7. The average Bonchev–Trinajstić information content (AvgIpc) is 2.65. The van der Waals surface area contributed by atoms with Crippen molar-refractivity contribution in [1.82, 2.24) is 0 Å². The quantitative estimate of drug-likeness (QED) is 0.142. The molecule has 78 heavy (non-hydrogen) atoms. The number of hydrogen-bond acceptors (Lipinski definition) is 4. The highest BCUT2D eigenvalue weighted by Gasteiger charge is 2.52. The van der Waals surface area contributed by atoms with E-state index < -0.39 is 0 Å². The van der Waals surface area contributed by atoms with E-state index in [0.717, 1.165) is 90.1 Å². The molecule has 0 radical (unpaired) electrons. The van der Waals surface area contributed by atoms with Crippen LogP contribution in [0.1, 0.15) is 50.7 Å². The summed E-state index contributed by atoms with van der Waals surface area (Å²) in [6.45, 7) is 8.71. The fourth-order valence-corrected chi connectivity index (χ4v) is 12.8. The summed E-state index contributed by atoms with van der Waals surface area (Å²) < 4.78 is 15.6. The summed E-state index contributed by atoms with van der Waals surface area (Å²) in [5.41, 5.74) is 25.2. The Morgan fingerprint density at radius 1 is 0.308 bits per heavy atom. The van der Waals surface area contributed by atoms with Gasteiger partial charge >= 0.3 is 0 Å². The Hall–Kier alpha value is -9.25.